The Bertz CT molecular complexity index is 384. The summed E-state index contributed by atoms with van der Waals surface area (Å²) < 4.78 is 45.1. The van der Waals surface area contributed by atoms with Crippen LogP contribution in [-0.2, 0) is 22.6 Å². The Hall–Kier alpha value is 0.640. The molecule has 0 saturated heterocycles. The lowest BCUT2D eigenvalue weighted by Crippen LogP contribution is -1.92. The second-order valence-electron chi connectivity index (χ2n) is 2.09. The minimum atomic E-state index is -6.14. The standard InChI is InChI=1S/H6O11P4/c1-12(2,3)11-15(10,13(4,5)6)14(7,8)9/h(H2,1,2,3)(H2,4,5,6)(H2,7,8,9). The highest BCUT2D eigenvalue weighted by molar-refractivity contribution is 8.60. The van der Waals surface area contributed by atoms with Gasteiger partial charge in [0.05, 0.1) is 0 Å². The lowest BCUT2D eigenvalue weighted by atomic mass is 15.7. The predicted molar refractivity (Wildman–Crippen MR) is 44.8 cm³/mol. The van der Waals surface area contributed by atoms with Gasteiger partial charge in [-0.05, 0) is 0 Å². The molecule has 0 aromatic rings. The van der Waals surface area contributed by atoms with Gasteiger partial charge in [-0.3, -0.25) is 4.57 Å². The molecule has 92 valence electrons. The Morgan fingerprint density at radius 1 is 0.667 bits per heavy atom. The molecule has 11 nitrogen and oxygen atoms in total. The molecule has 0 aliphatic carbocycles. The Labute approximate surface area is 81.9 Å². The molecule has 0 rings (SSSR count). The van der Waals surface area contributed by atoms with Gasteiger partial charge in [-0.15, -0.1) is 0 Å². The van der Waals surface area contributed by atoms with Gasteiger partial charge >= 0.3 is 29.1 Å². The van der Waals surface area contributed by atoms with E-state index in [4.69, 9.17) is 29.4 Å². The summed E-state index contributed by atoms with van der Waals surface area (Å²) in [7, 11) is -17.8. The van der Waals surface area contributed by atoms with Gasteiger partial charge in [-0.25, -0.2) is 18.0 Å². The molecule has 0 bridgehead atoms. The number of hydrogen-bond donors (Lipinski definition) is 6. The molecule has 0 aliphatic rings. The van der Waals surface area contributed by atoms with Crippen LogP contribution < -0.4 is 0 Å². The van der Waals surface area contributed by atoms with Crippen LogP contribution in [0.2, 0.25) is 0 Å². The Kier molecular flexibility index (Phi) is 4.32. The topological polar surface area (TPSA) is 199 Å². The molecule has 15 heteroatoms. The lowest BCUT2D eigenvalue weighted by Gasteiger charge is -2.19. The van der Waals surface area contributed by atoms with Crippen molar-refractivity contribution < 1.29 is 51.9 Å². The zero-order valence-electron chi connectivity index (χ0n) is 6.51. The van der Waals surface area contributed by atoms with Crippen LogP contribution in [0, 0.1) is 0 Å². The van der Waals surface area contributed by atoms with E-state index in [9.17, 15) is 18.3 Å². The number of rotatable bonds is 4. The predicted octanol–water partition coefficient (Wildman–Crippen LogP) is -0.441. The van der Waals surface area contributed by atoms with Gasteiger partial charge in [-0.1, -0.05) is 0 Å². The van der Waals surface area contributed by atoms with Crippen molar-refractivity contribution in [1.82, 2.24) is 0 Å². The molecule has 0 aliphatic heterocycles. The fraction of sp³-hybridized carbons (Fsp3) is 0. The first-order valence-corrected chi connectivity index (χ1v) is 10.5. The first-order chi connectivity index (χ1) is 6.21. The van der Waals surface area contributed by atoms with Crippen LogP contribution in [0.5, 0.6) is 0 Å². The molecule has 0 atom stereocenters. The highest BCUT2D eigenvalue weighted by atomic mass is 32.5. The maximum absolute atomic E-state index is 11.0. The average molecular weight is 306 g/mol. The van der Waals surface area contributed by atoms with Crippen molar-refractivity contribution in [2.45, 2.75) is 0 Å². The van der Waals surface area contributed by atoms with E-state index in [1.54, 1.807) is 0 Å². The highest BCUT2D eigenvalue weighted by Gasteiger charge is 2.61. The largest absolute Gasteiger partial charge is 0.476 e. The lowest BCUT2D eigenvalue weighted by molar-refractivity contribution is 0.280. The zero-order chi connectivity index (χ0) is 12.7. The molecule has 0 amide bonds. The fourth-order valence-electron chi connectivity index (χ4n) is 0.385. The summed E-state index contributed by atoms with van der Waals surface area (Å²) in [5.41, 5.74) is 0. The summed E-state index contributed by atoms with van der Waals surface area (Å²) >= 11 is 0. The molecule has 0 radical (unpaired) electrons. The SMILES string of the molecule is O=P(O)(O)OP(=O)(P(=O)(O)O)P(=O)(O)O. The summed E-state index contributed by atoms with van der Waals surface area (Å²) in [5.74, 6) is 0. The molecular weight excluding hydrogens is 300 g/mol. The van der Waals surface area contributed by atoms with Crippen LogP contribution in [-0.4, -0.2) is 29.4 Å². The van der Waals surface area contributed by atoms with E-state index in [0.29, 0.717) is 0 Å². The van der Waals surface area contributed by atoms with Crippen molar-refractivity contribution in [1.29, 1.82) is 0 Å². The smallest absolute Gasteiger partial charge is 0.317 e. The van der Waals surface area contributed by atoms with E-state index in [1.807, 2.05) is 0 Å². The van der Waals surface area contributed by atoms with Crippen LogP contribution in [0.4, 0.5) is 0 Å². The summed E-state index contributed by atoms with van der Waals surface area (Å²) in [6.07, 6.45) is 0. The molecule has 0 fully saturated rings. The minimum Gasteiger partial charge on any atom is -0.317 e. The van der Waals surface area contributed by atoms with Gasteiger partial charge in [0.25, 0.3) is 0 Å². The van der Waals surface area contributed by atoms with Gasteiger partial charge in [0, 0.05) is 0 Å². The second kappa shape index (κ2) is 4.14. The normalized spacial score (nSPS) is 15.3. The van der Waals surface area contributed by atoms with Crippen LogP contribution in [0.3, 0.4) is 0 Å². The van der Waals surface area contributed by atoms with Crippen LogP contribution in [0.25, 0.3) is 0 Å². The summed E-state index contributed by atoms with van der Waals surface area (Å²) in [5, 5.41) is 0. The van der Waals surface area contributed by atoms with E-state index < -0.39 is 29.1 Å². The third kappa shape index (κ3) is 3.85. The van der Waals surface area contributed by atoms with E-state index in [1.165, 1.54) is 0 Å². The molecule has 0 saturated carbocycles. The van der Waals surface area contributed by atoms with Crippen molar-refractivity contribution in [2.24, 2.45) is 0 Å². The fourth-order valence-corrected chi connectivity index (χ4v) is 9.63. The molecule has 15 heavy (non-hydrogen) atoms. The molecule has 0 heterocycles. The van der Waals surface area contributed by atoms with Crippen molar-refractivity contribution in [3.63, 3.8) is 0 Å². The number of phosphoric acid groups is 1. The van der Waals surface area contributed by atoms with Gasteiger partial charge in [0.2, 0.25) is 0 Å². The van der Waals surface area contributed by atoms with E-state index in [0.717, 1.165) is 0 Å². The molecule has 0 aromatic heterocycles. The first kappa shape index (κ1) is 15.6. The van der Waals surface area contributed by atoms with Gasteiger partial charge in [-0.2, -0.15) is 0 Å². The summed E-state index contributed by atoms with van der Waals surface area (Å²) in [6, 6.07) is 0. The van der Waals surface area contributed by atoms with Crippen molar-refractivity contribution in [3.05, 3.63) is 0 Å². The molecule has 0 unspecified atom stereocenters. The van der Waals surface area contributed by atoms with Crippen LogP contribution in [0.1, 0.15) is 0 Å². The monoisotopic (exact) mass is 306 g/mol. The zero-order valence-corrected chi connectivity index (χ0v) is 10.1. The molecular formula is H6O11P4. The summed E-state index contributed by atoms with van der Waals surface area (Å²) in [6.45, 7) is -6.14. The quantitative estimate of drug-likeness (QED) is 0.368. The van der Waals surface area contributed by atoms with Gasteiger partial charge in [0.15, 0.2) is 0 Å². The Morgan fingerprint density at radius 3 is 1.00 bits per heavy atom. The second-order valence-corrected chi connectivity index (χ2v) is 14.0. The van der Waals surface area contributed by atoms with Crippen molar-refractivity contribution in [2.75, 3.05) is 0 Å². The molecule has 0 spiro atoms. The van der Waals surface area contributed by atoms with Crippen molar-refractivity contribution in [3.8, 4) is 0 Å². The maximum Gasteiger partial charge on any atom is 0.476 e. The van der Waals surface area contributed by atoms with Crippen molar-refractivity contribution >= 4 is 29.1 Å². The first-order valence-electron chi connectivity index (χ1n) is 2.70. The molecule has 0 aromatic carbocycles. The van der Waals surface area contributed by atoms with Crippen LogP contribution >= 0.6 is 29.1 Å². The Balaban J connectivity index is 5.69. The number of hydrogen-bond acceptors (Lipinski definition) is 5. The van der Waals surface area contributed by atoms with E-state index in [-0.39, 0.29) is 0 Å². The van der Waals surface area contributed by atoms with Crippen LogP contribution in [0.15, 0.2) is 0 Å². The Morgan fingerprint density at radius 2 is 0.933 bits per heavy atom. The van der Waals surface area contributed by atoms with E-state index >= 15 is 0 Å². The van der Waals surface area contributed by atoms with Gasteiger partial charge in [0.1, 0.15) is 0 Å². The third-order valence-electron chi connectivity index (χ3n) is 0.871. The maximum atomic E-state index is 11.0. The summed E-state index contributed by atoms with van der Waals surface area (Å²) in [4.78, 5) is 49.5. The highest BCUT2D eigenvalue weighted by Crippen LogP contribution is 2.97. The van der Waals surface area contributed by atoms with Gasteiger partial charge < -0.3 is 29.4 Å². The minimum absolute atomic E-state index is 3.05. The van der Waals surface area contributed by atoms with E-state index in [2.05, 4.69) is 4.31 Å². The average Bonchev–Trinajstić information content (AvgIpc) is 1.77. The molecule has 6 N–H and O–H groups in total. The third-order valence-corrected chi connectivity index (χ3v) is 13.3.